The third-order valence-corrected chi connectivity index (χ3v) is 4.88. The molecule has 0 heterocycles. The maximum Gasteiger partial charge on any atom is 0.247 e. The van der Waals surface area contributed by atoms with Crippen LogP contribution in [0.3, 0.4) is 0 Å². The van der Waals surface area contributed by atoms with Gasteiger partial charge in [-0.15, -0.1) is 0 Å². The SMILES string of the molecule is COc1ccc(C=CC(=O)N(Cc2ccc(C#N)cc2)Cc2cccc(F)c2)c(OC)c1. The first kappa shape index (κ1) is 22.6. The van der Waals surface area contributed by atoms with Gasteiger partial charge in [-0.3, -0.25) is 4.79 Å². The van der Waals surface area contributed by atoms with E-state index in [-0.39, 0.29) is 18.3 Å². The van der Waals surface area contributed by atoms with Crippen molar-refractivity contribution in [2.24, 2.45) is 0 Å². The van der Waals surface area contributed by atoms with Crippen molar-refractivity contribution < 1.29 is 18.7 Å². The van der Waals surface area contributed by atoms with Crippen molar-refractivity contribution in [2.45, 2.75) is 13.1 Å². The second-order valence-electron chi connectivity index (χ2n) is 7.07. The third-order valence-electron chi connectivity index (χ3n) is 4.88. The Labute approximate surface area is 186 Å². The van der Waals surface area contributed by atoms with Gasteiger partial charge in [-0.1, -0.05) is 24.3 Å². The van der Waals surface area contributed by atoms with E-state index in [2.05, 4.69) is 6.07 Å². The van der Waals surface area contributed by atoms with Gasteiger partial charge in [0.25, 0.3) is 0 Å². The van der Waals surface area contributed by atoms with Crippen LogP contribution in [-0.2, 0) is 17.9 Å². The predicted molar refractivity (Wildman–Crippen MR) is 120 cm³/mol. The van der Waals surface area contributed by atoms with Crippen LogP contribution >= 0.6 is 0 Å². The second-order valence-corrected chi connectivity index (χ2v) is 7.07. The number of rotatable bonds is 8. The lowest BCUT2D eigenvalue weighted by atomic mass is 10.1. The first-order valence-electron chi connectivity index (χ1n) is 9.95. The molecule has 0 saturated heterocycles. The minimum Gasteiger partial charge on any atom is -0.497 e. The van der Waals surface area contributed by atoms with E-state index in [0.717, 1.165) is 11.1 Å². The summed E-state index contributed by atoms with van der Waals surface area (Å²) < 4.78 is 24.3. The van der Waals surface area contributed by atoms with Crippen LogP contribution < -0.4 is 9.47 Å². The Morgan fingerprint density at radius 1 is 1.00 bits per heavy atom. The molecule has 0 unspecified atom stereocenters. The van der Waals surface area contributed by atoms with Crippen molar-refractivity contribution in [3.05, 3.63) is 101 Å². The van der Waals surface area contributed by atoms with Crippen molar-refractivity contribution in [1.29, 1.82) is 5.26 Å². The van der Waals surface area contributed by atoms with E-state index in [1.54, 1.807) is 79.8 Å². The van der Waals surface area contributed by atoms with Crippen molar-refractivity contribution >= 4 is 12.0 Å². The Morgan fingerprint density at radius 2 is 1.75 bits per heavy atom. The van der Waals surface area contributed by atoms with Gasteiger partial charge in [0.05, 0.1) is 25.9 Å². The number of nitriles is 1. The fourth-order valence-corrected chi connectivity index (χ4v) is 3.20. The zero-order valence-corrected chi connectivity index (χ0v) is 17.9. The molecule has 5 nitrogen and oxygen atoms in total. The highest BCUT2D eigenvalue weighted by atomic mass is 19.1. The lowest BCUT2D eigenvalue weighted by Gasteiger charge is -2.22. The summed E-state index contributed by atoms with van der Waals surface area (Å²) in [4.78, 5) is 14.7. The van der Waals surface area contributed by atoms with Gasteiger partial charge in [-0.2, -0.15) is 5.26 Å². The molecule has 0 aliphatic rings. The summed E-state index contributed by atoms with van der Waals surface area (Å²) in [6.45, 7) is 0.547. The lowest BCUT2D eigenvalue weighted by molar-refractivity contribution is -0.127. The monoisotopic (exact) mass is 430 g/mol. The van der Waals surface area contributed by atoms with E-state index in [0.29, 0.717) is 29.2 Å². The van der Waals surface area contributed by atoms with Crippen LogP contribution in [0.15, 0.2) is 72.8 Å². The van der Waals surface area contributed by atoms with Crippen molar-refractivity contribution in [3.8, 4) is 17.6 Å². The Morgan fingerprint density at radius 3 is 2.41 bits per heavy atom. The van der Waals surface area contributed by atoms with Gasteiger partial charge >= 0.3 is 0 Å². The summed E-state index contributed by atoms with van der Waals surface area (Å²) in [5, 5.41) is 9.00. The molecule has 3 aromatic rings. The molecule has 0 spiro atoms. The van der Waals surface area contributed by atoms with E-state index >= 15 is 0 Å². The predicted octanol–water partition coefficient (Wildman–Crippen LogP) is 4.96. The minimum atomic E-state index is -0.355. The highest BCUT2D eigenvalue weighted by Gasteiger charge is 2.14. The number of methoxy groups -OCH3 is 2. The van der Waals surface area contributed by atoms with Crippen molar-refractivity contribution in [3.63, 3.8) is 0 Å². The molecule has 0 aromatic heterocycles. The van der Waals surface area contributed by atoms with Gasteiger partial charge in [0.2, 0.25) is 5.91 Å². The maximum atomic E-state index is 13.7. The zero-order chi connectivity index (χ0) is 22.9. The van der Waals surface area contributed by atoms with Crippen LogP contribution in [-0.4, -0.2) is 25.0 Å². The summed E-state index contributed by atoms with van der Waals surface area (Å²) in [5.41, 5.74) is 2.82. The van der Waals surface area contributed by atoms with Crippen molar-refractivity contribution in [1.82, 2.24) is 4.90 Å². The van der Waals surface area contributed by atoms with E-state index < -0.39 is 0 Å². The third kappa shape index (κ3) is 5.96. The quantitative estimate of drug-likeness (QED) is 0.474. The molecule has 1 amide bonds. The number of carbonyl (C=O) groups is 1. The van der Waals surface area contributed by atoms with Crippen LogP contribution in [0, 0.1) is 17.1 Å². The van der Waals surface area contributed by atoms with Gasteiger partial charge in [0.15, 0.2) is 0 Å². The fourth-order valence-electron chi connectivity index (χ4n) is 3.20. The molecule has 0 bridgehead atoms. The normalized spacial score (nSPS) is 10.6. The maximum absolute atomic E-state index is 13.7. The molecule has 32 heavy (non-hydrogen) atoms. The molecule has 0 fully saturated rings. The molecule has 6 heteroatoms. The summed E-state index contributed by atoms with van der Waals surface area (Å²) in [5.74, 6) is 0.638. The van der Waals surface area contributed by atoms with Crippen LogP contribution in [0.25, 0.3) is 6.08 Å². The number of halogens is 1. The summed E-state index contributed by atoms with van der Waals surface area (Å²) in [6, 6.07) is 20.6. The van der Waals surface area contributed by atoms with Crippen LogP contribution in [0.2, 0.25) is 0 Å². The average Bonchev–Trinajstić information content (AvgIpc) is 2.82. The van der Waals surface area contributed by atoms with Crippen LogP contribution in [0.1, 0.15) is 22.3 Å². The van der Waals surface area contributed by atoms with E-state index in [9.17, 15) is 9.18 Å². The highest BCUT2D eigenvalue weighted by molar-refractivity contribution is 5.92. The number of ether oxygens (including phenoxy) is 2. The molecule has 0 aliphatic carbocycles. The molecule has 0 N–H and O–H groups in total. The summed E-state index contributed by atoms with van der Waals surface area (Å²) in [7, 11) is 3.12. The van der Waals surface area contributed by atoms with Gasteiger partial charge in [0, 0.05) is 30.8 Å². The standard InChI is InChI=1S/C26H23FN2O3/c1-31-24-12-10-22(25(15-24)32-2)11-13-26(30)29(18-21-4-3-5-23(27)14-21)17-20-8-6-19(16-28)7-9-20/h3-15H,17-18H2,1-2H3. The molecule has 3 rings (SSSR count). The molecule has 0 saturated carbocycles. The zero-order valence-electron chi connectivity index (χ0n) is 17.9. The summed E-state index contributed by atoms with van der Waals surface area (Å²) >= 11 is 0. The highest BCUT2D eigenvalue weighted by Crippen LogP contribution is 2.25. The van der Waals surface area contributed by atoms with Crippen LogP contribution in [0.4, 0.5) is 4.39 Å². The first-order valence-corrected chi connectivity index (χ1v) is 9.95. The van der Waals surface area contributed by atoms with Gasteiger partial charge in [0.1, 0.15) is 17.3 Å². The minimum absolute atomic E-state index is 0.237. The number of benzene rings is 3. The number of hydrogen-bond acceptors (Lipinski definition) is 4. The second kappa shape index (κ2) is 10.8. The Kier molecular flexibility index (Phi) is 7.60. The number of nitrogens with zero attached hydrogens (tertiary/aromatic N) is 2. The molecule has 0 radical (unpaired) electrons. The van der Waals surface area contributed by atoms with Gasteiger partial charge < -0.3 is 14.4 Å². The van der Waals surface area contributed by atoms with E-state index in [1.807, 2.05) is 0 Å². The van der Waals surface area contributed by atoms with Crippen molar-refractivity contribution in [2.75, 3.05) is 14.2 Å². The number of carbonyl (C=O) groups excluding carboxylic acids is 1. The molecular formula is C26H23FN2O3. The topological polar surface area (TPSA) is 62.6 Å². The van der Waals surface area contributed by atoms with E-state index in [4.69, 9.17) is 14.7 Å². The molecule has 162 valence electrons. The first-order chi connectivity index (χ1) is 15.5. The smallest absolute Gasteiger partial charge is 0.247 e. The molecule has 0 atom stereocenters. The average molecular weight is 430 g/mol. The van der Waals surface area contributed by atoms with Gasteiger partial charge in [-0.25, -0.2) is 4.39 Å². The van der Waals surface area contributed by atoms with E-state index in [1.165, 1.54) is 18.2 Å². The lowest BCUT2D eigenvalue weighted by Crippen LogP contribution is -2.28. The Balaban J connectivity index is 1.85. The Bertz CT molecular complexity index is 1150. The Hall–Kier alpha value is -4.11. The van der Waals surface area contributed by atoms with Crippen LogP contribution in [0.5, 0.6) is 11.5 Å². The molecule has 0 aliphatic heterocycles. The fraction of sp³-hybridized carbons (Fsp3) is 0.154. The summed E-state index contributed by atoms with van der Waals surface area (Å²) in [6.07, 6.45) is 3.14. The van der Waals surface area contributed by atoms with Gasteiger partial charge in [-0.05, 0) is 53.6 Å². The number of hydrogen-bond donors (Lipinski definition) is 0. The number of amides is 1. The molecule has 3 aromatic carbocycles. The largest absolute Gasteiger partial charge is 0.497 e. The molecular weight excluding hydrogens is 407 g/mol.